The Balaban J connectivity index is 1.98. The summed E-state index contributed by atoms with van der Waals surface area (Å²) < 4.78 is 0.905. The minimum absolute atomic E-state index is 0.0794. The summed E-state index contributed by atoms with van der Waals surface area (Å²) in [5.41, 5.74) is 2.13. The van der Waals surface area contributed by atoms with E-state index in [1.54, 1.807) is 19.1 Å². The number of amides is 1. The van der Waals surface area contributed by atoms with Crippen LogP contribution in [0.3, 0.4) is 0 Å². The molecule has 2 aromatic carbocycles. The number of carbonyl (C=O) groups is 2. The van der Waals surface area contributed by atoms with Crippen LogP contribution in [0.25, 0.3) is 6.08 Å². The molecule has 25 heavy (non-hydrogen) atoms. The van der Waals surface area contributed by atoms with Gasteiger partial charge in [-0.15, -0.1) is 0 Å². The first-order valence-corrected chi connectivity index (χ1v) is 8.44. The summed E-state index contributed by atoms with van der Waals surface area (Å²) in [5, 5.41) is 14.7. The standard InChI is InChI=1S/C18H12BrClN2O3/c1-10-14(8-11-3-2-4-12(19)7-11)17(23)22(21-10)13-5-6-16(20)15(9-13)18(24)25/h2-9H,1H3,(H,24,25). The van der Waals surface area contributed by atoms with Gasteiger partial charge in [-0.25, -0.2) is 4.79 Å². The van der Waals surface area contributed by atoms with Crippen molar-refractivity contribution in [3.8, 4) is 0 Å². The fourth-order valence-corrected chi connectivity index (χ4v) is 3.05. The Morgan fingerprint density at radius 1 is 1.28 bits per heavy atom. The van der Waals surface area contributed by atoms with Crippen LogP contribution >= 0.6 is 27.5 Å². The van der Waals surface area contributed by atoms with Gasteiger partial charge < -0.3 is 5.11 Å². The fourth-order valence-electron chi connectivity index (χ4n) is 2.43. The van der Waals surface area contributed by atoms with E-state index >= 15 is 0 Å². The molecule has 0 aliphatic carbocycles. The van der Waals surface area contributed by atoms with Gasteiger partial charge >= 0.3 is 5.97 Å². The van der Waals surface area contributed by atoms with Gasteiger partial charge in [0.25, 0.3) is 5.91 Å². The van der Waals surface area contributed by atoms with E-state index < -0.39 is 5.97 Å². The van der Waals surface area contributed by atoms with Crippen molar-refractivity contribution < 1.29 is 14.7 Å². The maximum absolute atomic E-state index is 12.7. The summed E-state index contributed by atoms with van der Waals surface area (Å²) >= 11 is 9.27. The first-order chi connectivity index (χ1) is 11.9. The molecule has 0 radical (unpaired) electrons. The Hall–Kier alpha value is -2.44. The molecule has 1 heterocycles. The average Bonchev–Trinajstić information content (AvgIpc) is 2.83. The van der Waals surface area contributed by atoms with Gasteiger partial charge in [0.2, 0.25) is 0 Å². The SMILES string of the molecule is CC1=NN(c2ccc(Cl)c(C(=O)O)c2)C(=O)C1=Cc1cccc(Br)c1. The molecule has 0 saturated carbocycles. The molecule has 0 atom stereocenters. The Kier molecular flexibility index (Phi) is 4.74. The highest BCUT2D eigenvalue weighted by Crippen LogP contribution is 2.29. The quantitative estimate of drug-likeness (QED) is 0.739. The van der Waals surface area contributed by atoms with Crippen LogP contribution in [0.1, 0.15) is 22.8 Å². The number of halogens is 2. The topological polar surface area (TPSA) is 70.0 Å². The van der Waals surface area contributed by atoms with Gasteiger partial charge in [0.15, 0.2) is 0 Å². The molecule has 1 aliphatic rings. The molecule has 7 heteroatoms. The largest absolute Gasteiger partial charge is 0.478 e. The molecule has 2 aromatic rings. The highest BCUT2D eigenvalue weighted by Gasteiger charge is 2.29. The predicted octanol–water partition coefficient (Wildman–Crippen LogP) is 4.61. The number of carboxylic acids is 1. The fraction of sp³-hybridized carbons (Fsp3) is 0.0556. The van der Waals surface area contributed by atoms with E-state index in [1.807, 2.05) is 24.3 Å². The molecule has 0 bridgehead atoms. The van der Waals surface area contributed by atoms with Crippen LogP contribution in [-0.4, -0.2) is 22.7 Å². The molecule has 1 aliphatic heterocycles. The smallest absolute Gasteiger partial charge is 0.337 e. The summed E-state index contributed by atoms with van der Waals surface area (Å²) in [6.45, 7) is 1.73. The first-order valence-electron chi connectivity index (χ1n) is 7.27. The van der Waals surface area contributed by atoms with E-state index in [0.717, 1.165) is 10.0 Å². The minimum atomic E-state index is -1.16. The number of benzene rings is 2. The Bertz CT molecular complexity index is 953. The van der Waals surface area contributed by atoms with Gasteiger partial charge in [0, 0.05) is 4.47 Å². The Labute approximate surface area is 157 Å². The van der Waals surface area contributed by atoms with Crippen molar-refractivity contribution in [2.45, 2.75) is 6.92 Å². The van der Waals surface area contributed by atoms with Gasteiger partial charge in [0.1, 0.15) is 0 Å². The lowest BCUT2D eigenvalue weighted by molar-refractivity contribution is -0.114. The molecule has 0 unspecified atom stereocenters. The molecule has 1 amide bonds. The van der Waals surface area contributed by atoms with Crippen LogP contribution in [0.2, 0.25) is 5.02 Å². The summed E-state index contributed by atoms with van der Waals surface area (Å²) in [6.07, 6.45) is 1.75. The number of anilines is 1. The van der Waals surface area contributed by atoms with Gasteiger partial charge in [0.05, 0.1) is 27.6 Å². The summed E-state index contributed by atoms with van der Waals surface area (Å²) in [4.78, 5) is 24.0. The maximum Gasteiger partial charge on any atom is 0.337 e. The monoisotopic (exact) mass is 418 g/mol. The maximum atomic E-state index is 12.7. The molecule has 126 valence electrons. The summed E-state index contributed by atoms with van der Waals surface area (Å²) in [6, 6.07) is 11.9. The number of carboxylic acid groups (broad SMARTS) is 1. The van der Waals surface area contributed by atoms with Gasteiger partial charge in [-0.05, 0) is 48.9 Å². The molecule has 0 fully saturated rings. The van der Waals surface area contributed by atoms with E-state index in [-0.39, 0.29) is 16.5 Å². The second kappa shape index (κ2) is 6.82. The molecule has 0 spiro atoms. The zero-order valence-corrected chi connectivity index (χ0v) is 15.4. The summed E-state index contributed by atoms with van der Waals surface area (Å²) in [7, 11) is 0. The number of hydrogen-bond acceptors (Lipinski definition) is 3. The number of aromatic carboxylic acids is 1. The van der Waals surface area contributed by atoms with Gasteiger partial charge in [-0.2, -0.15) is 10.1 Å². The zero-order valence-electron chi connectivity index (χ0n) is 13.0. The predicted molar refractivity (Wildman–Crippen MR) is 101 cm³/mol. The molecule has 0 saturated heterocycles. The van der Waals surface area contributed by atoms with Crippen molar-refractivity contribution in [1.82, 2.24) is 0 Å². The van der Waals surface area contributed by atoms with E-state index in [9.17, 15) is 14.7 Å². The number of hydrogen-bond donors (Lipinski definition) is 1. The highest BCUT2D eigenvalue weighted by atomic mass is 79.9. The van der Waals surface area contributed by atoms with E-state index in [4.69, 9.17) is 11.6 Å². The average molecular weight is 420 g/mol. The van der Waals surface area contributed by atoms with Crippen LogP contribution in [0.15, 0.2) is 57.6 Å². The van der Waals surface area contributed by atoms with Crippen molar-refractivity contribution in [3.05, 3.63) is 68.7 Å². The van der Waals surface area contributed by atoms with Gasteiger partial charge in [-0.1, -0.05) is 39.7 Å². The van der Waals surface area contributed by atoms with Crippen LogP contribution in [0, 0.1) is 0 Å². The third kappa shape index (κ3) is 3.50. The number of nitrogens with zero attached hydrogens (tertiary/aromatic N) is 2. The van der Waals surface area contributed by atoms with Crippen molar-refractivity contribution in [2.24, 2.45) is 5.10 Å². The Morgan fingerprint density at radius 2 is 2.04 bits per heavy atom. The number of carbonyl (C=O) groups excluding carboxylic acids is 1. The van der Waals surface area contributed by atoms with E-state index in [0.29, 0.717) is 17.0 Å². The van der Waals surface area contributed by atoms with Crippen molar-refractivity contribution in [1.29, 1.82) is 0 Å². The molecule has 5 nitrogen and oxygen atoms in total. The van der Waals surface area contributed by atoms with Crippen LogP contribution in [0.5, 0.6) is 0 Å². The third-order valence-electron chi connectivity index (χ3n) is 3.65. The molecule has 0 aromatic heterocycles. The van der Waals surface area contributed by atoms with Crippen molar-refractivity contribution in [3.63, 3.8) is 0 Å². The third-order valence-corrected chi connectivity index (χ3v) is 4.47. The van der Waals surface area contributed by atoms with Crippen molar-refractivity contribution >= 4 is 56.9 Å². The second-order valence-corrected chi connectivity index (χ2v) is 6.71. The first kappa shape index (κ1) is 17.4. The number of rotatable bonds is 3. The second-order valence-electron chi connectivity index (χ2n) is 5.38. The lowest BCUT2D eigenvalue weighted by atomic mass is 10.1. The summed E-state index contributed by atoms with van der Waals surface area (Å²) in [5.74, 6) is -1.49. The molecule has 3 rings (SSSR count). The zero-order chi connectivity index (χ0) is 18.1. The van der Waals surface area contributed by atoms with Crippen LogP contribution < -0.4 is 5.01 Å². The van der Waals surface area contributed by atoms with Crippen LogP contribution in [0.4, 0.5) is 5.69 Å². The van der Waals surface area contributed by atoms with Crippen molar-refractivity contribution in [2.75, 3.05) is 5.01 Å². The minimum Gasteiger partial charge on any atom is -0.478 e. The Morgan fingerprint density at radius 3 is 2.72 bits per heavy atom. The van der Waals surface area contributed by atoms with Gasteiger partial charge in [-0.3, -0.25) is 4.79 Å². The molecule has 1 N–H and O–H groups in total. The number of hydrazone groups is 1. The van der Waals surface area contributed by atoms with Crippen LogP contribution in [-0.2, 0) is 4.79 Å². The lowest BCUT2D eigenvalue weighted by Crippen LogP contribution is -2.21. The van der Waals surface area contributed by atoms with E-state index in [2.05, 4.69) is 21.0 Å². The normalized spacial score (nSPS) is 15.6. The molecular formula is C18H12BrClN2O3. The highest BCUT2D eigenvalue weighted by molar-refractivity contribution is 9.10. The van der Waals surface area contributed by atoms with E-state index in [1.165, 1.54) is 17.1 Å². The molecular weight excluding hydrogens is 408 g/mol. The lowest BCUT2D eigenvalue weighted by Gasteiger charge is -2.13.